The molecule has 0 radical (unpaired) electrons. The Balaban J connectivity index is 1.67. The van der Waals surface area contributed by atoms with Crippen molar-refractivity contribution in [3.05, 3.63) is 35.9 Å². The predicted molar refractivity (Wildman–Crippen MR) is 111 cm³/mol. The highest BCUT2D eigenvalue weighted by atomic mass is 16.2. The zero-order chi connectivity index (χ0) is 19.1. The molecule has 148 valence electrons. The fourth-order valence-corrected chi connectivity index (χ4v) is 4.45. The van der Waals surface area contributed by atoms with Gasteiger partial charge in [0, 0.05) is 37.5 Å². The van der Waals surface area contributed by atoms with Crippen LogP contribution in [0.2, 0.25) is 0 Å². The van der Waals surface area contributed by atoms with Gasteiger partial charge >= 0.3 is 0 Å². The number of amides is 1. The van der Waals surface area contributed by atoms with E-state index in [0.717, 1.165) is 38.6 Å². The van der Waals surface area contributed by atoms with Crippen molar-refractivity contribution >= 4 is 11.9 Å². The number of nitrogens with zero attached hydrogens (tertiary/aromatic N) is 2. The minimum atomic E-state index is 0.170. The van der Waals surface area contributed by atoms with Gasteiger partial charge in [0.1, 0.15) is 0 Å². The molecule has 5 nitrogen and oxygen atoms in total. The Morgan fingerprint density at radius 2 is 1.96 bits per heavy atom. The number of benzene rings is 1. The van der Waals surface area contributed by atoms with Gasteiger partial charge in [-0.15, -0.1) is 0 Å². The van der Waals surface area contributed by atoms with Gasteiger partial charge in [-0.3, -0.25) is 9.79 Å². The molecule has 1 aliphatic carbocycles. The van der Waals surface area contributed by atoms with Crippen LogP contribution in [0, 0.1) is 0 Å². The molecule has 2 N–H and O–H groups in total. The molecule has 3 rings (SSSR count). The van der Waals surface area contributed by atoms with E-state index < -0.39 is 0 Å². The van der Waals surface area contributed by atoms with Crippen LogP contribution >= 0.6 is 0 Å². The molecule has 0 bridgehead atoms. The van der Waals surface area contributed by atoms with Crippen LogP contribution in [0.15, 0.2) is 35.3 Å². The smallest absolute Gasteiger partial charge is 0.222 e. The molecule has 0 aromatic heterocycles. The number of carbonyl (C=O) groups excluding carboxylic acids is 1. The SMILES string of the molecule is CCNC(=NCC1(c2ccccc2)CCCC1)NC1CCN(C(=O)CC)C1. The van der Waals surface area contributed by atoms with E-state index in [2.05, 4.69) is 47.9 Å². The van der Waals surface area contributed by atoms with Gasteiger partial charge in [-0.05, 0) is 31.7 Å². The summed E-state index contributed by atoms with van der Waals surface area (Å²) in [5, 5.41) is 6.96. The highest BCUT2D eigenvalue weighted by Gasteiger charge is 2.35. The molecule has 1 atom stereocenters. The molecule has 1 saturated carbocycles. The molecular formula is C22H34N4O. The van der Waals surface area contributed by atoms with Crippen molar-refractivity contribution in [2.45, 2.75) is 63.8 Å². The second kappa shape index (κ2) is 9.25. The number of hydrogen-bond donors (Lipinski definition) is 2. The van der Waals surface area contributed by atoms with Crippen molar-refractivity contribution in [3.8, 4) is 0 Å². The van der Waals surface area contributed by atoms with Crippen LogP contribution in [0.3, 0.4) is 0 Å². The van der Waals surface area contributed by atoms with E-state index in [4.69, 9.17) is 4.99 Å². The zero-order valence-corrected chi connectivity index (χ0v) is 16.8. The minimum absolute atomic E-state index is 0.170. The molecule has 1 amide bonds. The van der Waals surface area contributed by atoms with Crippen molar-refractivity contribution in [2.75, 3.05) is 26.2 Å². The number of guanidine groups is 1. The van der Waals surface area contributed by atoms with E-state index >= 15 is 0 Å². The fraction of sp³-hybridized carbons (Fsp3) is 0.636. The Morgan fingerprint density at radius 3 is 2.63 bits per heavy atom. The van der Waals surface area contributed by atoms with Gasteiger partial charge in [-0.2, -0.15) is 0 Å². The van der Waals surface area contributed by atoms with Crippen molar-refractivity contribution in [1.29, 1.82) is 0 Å². The Kier molecular flexibility index (Phi) is 6.75. The van der Waals surface area contributed by atoms with Gasteiger partial charge in [0.15, 0.2) is 5.96 Å². The Hall–Kier alpha value is -2.04. The Morgan fingerprint density at radius 1 is 1.22 bits per heavy atom. The van der Waals surface area contributed by atoms with Crippen LogP contribution in [0.5, 0.6) is 0 Å². The summed E-state index contributed by atoms with van der Waals surface area (Å²) in [6.45, 7) is 7.31. The highest BCUT2D eigenvalue weighted by Crippen LogP contribution is 2.41. The maximum Gasteiger partial charge on any atom is 0.222 e. The quantitative estimate of drug-likeness (QED) is 0.598. The fourth-order valence-electron chi connectivity index (χ4n) is 4.45. The second-order valence-electron chi connectivity index (χ2n) is 7.87. The van der Waals surface area contributed by atoms with Crippen molar-refractivity contribution < 1.29 is 4.79 Å². The first-order valence-electron chi connectivity index (χ1n) is 10.5. The molecule has 1 heterocycles. The lowest BCUT2D eigenvalue weighted by Gasteiger charge is -2.28. The summed E-state index contributed by atoms with van der Waals surface area (Å²) in [6.07, 6.45) is 6.56. The number of hydrogen-bond acceptors (Lipinski definition) is 2. The van der Waals surface area contributed by atoms with E-state index in [-0.39, 0.29) is 17.4 Å². The Bertz CT molecular complexity index is 637. The minimum Gasteiger partial charge on any atom is -0.357 e. The van der Waals surface area contributed by atoms with E-state index in [9.17, 15) is 4.79 Å². The average Bonchev–Trinajstić information content (AvgIpc) is 3.37. The van der Waals surface area contributed by atoms with Crippen LogP contribution < -0.4 is 10.6 Å². The lowest BCUT2D eigenvalue weighted by Crippen LogP contribution is -2.45. The Labute approximate surface area is 163 Å². The standard InChI is InChI=1S/C22H34N4O/c1-3-20(27)26-15-12-19(16-26)25-21(23-4-2)24-17-22(13-8-9-14-22)18-10-6-5-7-11-18/h5-7,10-11,19H,3-4,8-9,12-17H2,1-2H3,(H2,23,24,25). The highest BCUT2D eigenvalue weighted by molar-refractivity contribution is 5.80. The first kappa shape index (κ1) is 19.7. The summed E-state index contributed by atoms with van der Waals surface area (Å²) in [5.41, 5.74) is 1.59. The largest absolute Gasteiger partial charge is 0.357 e. The van der Waals surface area contributed by atoms with Crippen molar-refractivity contribution in [3.63, 3.8) is 0 Å². The van der Waals surface area contributed by atoms with Gasteiger partial charge in [0.25, 0.3) is 0 Å². The number of carbonyl (C=O) groups is 1. The number of aliphatic imine (C=N–C) groups is 1. The van der Waals surface area contributed by atoms with Crippen LogP contribution in [0.4, 0.5) is 0 Å². The molecule has 2 aliphatic rings. The number of nitrogens with one attached hydrogen (secondary N) is 2. The summed E-state index contributed by atoms with van der Waals surface area (Å²) in [5.74, 6) is 1.13. The monoisotopic (exact) mass is 370 g/mol. The van der Waals surface area contributed by atoms with Crippen molar-refractivity contribution in [2.24, 2.45) is 4.99 Å². The summed E-state index contributed by atoms with van der Waals surface area (Å²) in [6, 6.07) is 11.2. The molecular weight excluding hydrogens is 336 g/mol. The zero-order valence-electron chi connectivity index (χ0n) is 16.8. The average molecular weight is 371 g/mol. The molecule has 1 saturated heterocycles. The van der Waals surface area contributed by atoms with Crippen LogP contribution in [0.25, 0.3) is 0 Å². The third-order valence-corrected chi connectivity index (χ3v) is 6.02. The molecule has 1 unspecified atom stereocenters. The van der Waals surface area contributed by atoms with Crippen LogP contribution in [-0.4, -0.2) is 49.0 Å². The maximum absolute atomic E-state index is 11.9. The van der Waals surface area contributed by atoms with Gasteiger partial charge < -0.3 is 15.5 Å². The lowest BCUT2D eigenvalue weighted by atomic mass is 9.79. The van der Waals surface area contributed by atoms with Crippen LogP contribution in [-0.2, 0) is 10.2 Å². The van der Waals surface area contributed by atoms with E-state index in [0.29, 0.717) is 6.42 Å². The summed E-state index contributed by atoms with van der Waals surface area (Å²) >= 11 is 0. The summed E-state index contributed by atoms with van der Waals surface area (Å²) in [7, 11) is 0. The molecule has 0 spiro atoms. The van der Waals surface area contributed by atoms with Gasteiger partial charge in [0.05, 0.1) is 6.54 Å². The molecule has 2 fully saturated rings. The van der Waals surface area contributed by atoms with E-state index in [1.165, 1.54) is 31.2 Å². The lowest BCUT2D eigenvalue weighted by molar-refractivity contribution is -0.129. The van der Waals surface area contributed by atoms with E-state index in [1.54, 1.807) is 0 Å². The molecule has 5 heteroatoms. The predicted octanol–water partition coefficient (Wildman–Crippen LogP) is 3.06. The maximum atomic E-state index is 11.9. The normalized spacial score (nSPS) is 22.1. The third kappa shape index (κ3) is 4.82. The summed E-state index contributed by atoms with van der Waals surface area (Å²) < 4.78 is 0. The van der Waals surface area contributed by atoms with E-state index in [1.807, 2.05) is 11.8 Å². The second-order valence-corrected chi connectivity index (χ2v) is 7.87. The number of likely N-dealkylation sites (tertiary alicyclic amines) is 1. The van der Waals surface area contributed by atoms with Crippen LogP contribution in [0.1, 0.15) is 57.9 Å². The summed E-state index contributed by atoms with van der Waals surface area (Å²) in [4.78, 5) is 18.9. The van der Waals surface area contributed by atoms with Gasteiger partial charge in [-0.25, -0.2) is 0 Å². The number of rotatable bonds is 6. The molecule has 1 aliphatic heterocycles. The first-order valence-corrected chi connectivity index (χ1v) is 10.5. The van der Waals surface area contributed by atoms with Gasteiger partial charge in [0.2, 0.25) is 5.91 Å². The first-order chi connectivity index (χ1) is 13.2. The van der Waals surface area contributed by atoms with Crippen molar-refractivity contribution in [1.82, 2.24) is 15.5 Å². The third-order valence-electron chi connectivity index (χ3n) is 6.02. The van der Waals surface area contributed by atoms with Gasteiger partial charge in [-0.1, -0.05) is 50.1 Å². The topological polar surface area (TPSA) is 56.7 Å². The molecule has 1 aromatic carbocycles. The molecule has 1 aromatic rings. The molecule has 27 heavy (non-hydrogen) atoms.